The van der Waals surface area contributed by atoms with Gasteiger partial charge in [-0.25, -0.2) is 0 Å². The van der Waals surface area contributed by atoms with Crippen molar-refractivity contribution in [3.63, 3.8) is 0 Å². The fourth-order valence-electron chi connectivity index (χ4n) is 1.83. The second kappa shape index (κ2) is 8.44. The number of carbonyl (C=O) groups excluding carboxylic acids is 1. The highest BCUT2D eigenvalue weighted by Crippen LogP contribution is 2.18. The van der Waals surface area contributed by atoms with Gasteiger partial charge in [0.15, 0.2) is 6.61 Å². The van der Waals surface area contributed by atoms with Crippen molar-refractivity contribution in [2.45, 2.75) is 19.9 Å². The largest absolute Gasteiger partial charge is 0.494 e. The van der Waals surface area contributed by atoms with E-state index in [0.717, 1.165) is 17.0 Å². The van der Waals surface area contributed by atoms with Gasteiger partial charge >= 0.3 is 0 Å². The molecule has 0 saturated heterocycles. The van der Waals surface area contributed by atoms with E-state index in [2.05, 4.69) is 6.92 Å². The molecule has 2 aromatic rings. The molecule has 0 atom stereocenters. The third-order valence-electron chi connectivity index (χ3n) is 3.06. The molecule has 1 aromatic heterocycles. The van der Waals surface area contributed by atoms with Crippen molar-refractivity contribution in [2.24, 2.45) is 0 Å². The average molecular weight is 319 g/mol. The summed E-state index contributed by atoms with van der Waals surface area (Å²) < 4.78 is 11.0. The molecule has 22 heavy (non-hydrogen) atoms. The number of amides is 1. The molecule has 5 heteroatoms. The van der Waals surface area contributed by atoms with Gasteiger partial charge in [0.25, 0.3) is 5.91 Å². The van der Waals surface area contributed by atoms with Crippen molar-refractivity contribution in [3.8, 4) is 11.5 Å². The first-order chi connectivity index (χ1) is 10.7. The molecule has 0 aliphatic rings. The van der Waals surface area contributed by atoms with Gasteiger partial charge < -0.3 is 14.4 Å². The molecule has 0 saturated carbocycles. The van der Waals surface area contributed by atoms with Gasteiger partial charge in [0.2, 0.25) is 0 Å². The number of ether oxygens (including phenoxy) is 2. The Kier molecular flexibility index (Phi) is 6.27. The van der Waals surface area contributed by atoms with E-state index >= 15 is 0 Å². The van der Waals surface area contributed by atoms with Gasteiger partial charge in [-0.2, -0.15) is 0 Å². The number of hydrogen-bond acceptors (Lipinski definition) is 4. The molecule has 0 N–H and O–H groups in total. The minimum absolute atomic E-state index is 0.0387. The Hall–Kier alpha value is -2.01. The Labute approximate surface area is 135 Å². The fraction of sp³-hybridized carbons (Fsp3) is 0.353. The van der Waals surface area contributed by atoms with Crippen LogP contribution in [0.5, 0.6) is 11.5 Å². The lowest BCUT2D eigenvalue weighted by molar-refractivity contribution is -0.132. The molecule has 0 aliphatic carbocycles. The number of carbonyl (C=O) groups is 1. The van der Waals surface area contributed by atoms with Gasteiger partial charge in [-0.1, -0.05) is 13.0 Å². The van der Waals surface area contributed by atoms with Crippen molar-refractivity contribution >= 4 is 17.2 Å². The van der Waals surface area contributed by atoms with Gasteiger partial charge in [-0.15, -0.1) is 11.3 Å². The van der Waals surface area contributed by atoms with Crippen molar-refractivity contribution in [1.29, 1.82) is 0 Å². The van der Waals surface area contributed by atoms with E-state index in [1.165, 1.54) is 0 Å². The lowest BCUT2D eigenvalue weighted by Crippen LogP contribution is -2.30. The Morgan fingerprint density at radius 1 is 1.14 bits per heavy atom. The summed E-state index contributed by atoms with van der Waals surface area (Å²) >= 11 is 1.64. The monoisotopic (exact) mass is 319 g/mol. The first-order valence-corrected chi connectivity index (χ1v) is 8.19. The fourth-order valence-corrected chi connectivity index (χ4v) is 2.59. The van der Waals surface area contributed by atoms with E-state index in [1.54, 1.807) is 23.3 Å². The Morgan fingerprint density at radius 3 is 2.41 bits per heavy atom. The third kappa shape index (κ3) is 5.07. The van der Waals surface area contributed by atoms with E-state index in [0.29, 0.717) is 18.9 Å². The zero-order valence-electron chi connectivity index (χ0n) is 13.0. The maximum absolute atomic E-state index is 12.0. The molecular formula is C17H21NO3S. The number of nitrogens with zero attached hydrogens (tertiary/aromatic N) is 1. The molecular weight excluding hydrogens is 298 g/mol. The summed E-state index contributed by atoms with van der Waals surface area (Å²) in [5.41, 5.74) is 0. The van der Waals surface area contributed by atoms with Gasteiger partial charge in [-0.05, 0) is 42.1 Å². The van der Waals surface area contributed by atoms with Crippen molar-refractivity contribution in [3.05, 3.63) is 46.7 Å². The number of thiophene rings is 1. The van der Waals surface area contributed by atoms with E-state index in [1.807, 2.05) is 41.8 Å². The molecule has 118 valence electrons. The lowest BCUT2D eigenvalue weighted by Gasteiger charge is -2.16. The average Bonchev–Trinajstić information content (AvgIpc) is 3.04. The van der Waals surface area contributed by atoms with Crippen LogP contribution in [0.3, 0.4) is 0 Å². The standard InChI is InChI=1S/C17H21NO3S/c1-3-10-20-14-6-8-15(9-7-14)21-13-17(19)18(2)12-16-5-4-11-22-16/h4-9,11H,3,10,12-13H2,1-2H3. The minimum Gasteiger partial charge on any atom is -0.494 e. The highest BCUT2D eigenvalue weighted by molar-refractivity contribution is 7.09. The summed E-state index contributed by atoms with van der Waals surface area (Å²) in [5.74, 6) is 1.44. The summed E-state index contributed by atoms with van der Waals surface area (Å²) in [6.07, 6.45) is 0.976. The van der Waals surface area contributed by atoms with Gasteiger partial charge in [0.1, 0.15) is 11.5 Å². The normalized spacial score (nSPS) is 10.3. The number of benzene rings is 1. The molecule has 1 aromatic carbocycles. The molecule has 0 fully saturated rings. The van der Waals surface area contributed by atoms with Crippen LogP contribution in [0.4, 0.5) is 0 Å². The van der Waals surface area contributed by atoms with Gasteiger partial charge in [0, 0.05) is 11.9 Å². The van der Waals surface area contributed by atoms with Crippen LogP contribution in [-0.2, 0) is 11.3 Å². The van der Waals surface area contributed by atoms with Crippen LogP contribution in [0.1, 0.15) is 18.2 Å². The highest BCUT2D eigenvalue weighted by atomic mass is 32.1. The second-order valence-corrected chi connectivity index (χ2v) is 5.97. The first-order valence-electron chi connectivity index (χ1n) is 7.31. The van der Waals surface area contributed by atoms with E-state index in [9.17, 15) is 4.79 Å². The second-order valence-electron chi connectivity index (χ2n) is 4.94. The number of hydrogen-bond donors (Lipinski definition) is 0. The van der Waals surface area contributed by atoms with Crippen LogP contribution in [0.15, 0.2) is 41.8 Å². The maximum Gasteiger partial charge on any atom is 0.260 e. The maximum atomic E-state index is 12.0. The summed E-state index contributed by atoms with van der Waals surface area (Å²) in [4.78, 5) is 14.9. The van der Waals surface area contributed by atoms with Gasteiger partial charge in [-0.3, -0.25) is 4.79 Å². The van der Waals surface area contributed by atoms with E-state index in [4.69, 9.17) is 9.47 Å². The predicted molar refractivity (Wildman–Crippen MR) is 88.5 cm³/mol. The zero-order chi connectivity index (χ0) is 15.8. The van der Waals surface area contributed by atoms with Crippen LogP contribution in [0.2, 0.25) is 0 Å². The molecule has 0 bridgehead atoms. The van der Waals surface area contributed by atoms with Crippen LogP contribution in [-0.4, -0.2) is 31.1 Å². The Morgan fingerprint density at radius 2 is 1.82 bits per heavy atom. The van der Waals surface area contributed by atoms with Crippen molar-refractivity contribution in [2.75, 3.05) is 20.3 Å². The number of rotatable bonds is 8. The molecule has 4 nitrogen and oxygen atoms in total. The summed E-state index contributed by atoms with van der Waals surface area (Å²) in [6, 6.07) is 11.3. The third-order valence-corrected chi connectivity index (χ3v) is 3.92. The molecule has 1 amide bonds. The first kappa shape index (κ1) is 16.4. The molecule has 0 spiro atoms. The predicted octanol–water partition coefficient (Wildman–Crippen LogP) is 3.57. The van der Waals surface area contributed by atoms with E-state index in [-0.39, 0.29) is 12.5 Å². The summed E-state index contributed by atoms with van der Waals surface area (Å²) in [6.45, 7) is 3.42. The topological polar surface area (TPSA) is 38.8 Å². The van der Waals surface area contributed by atoms with Crippen LogP contribution in [0, 0.1) is 0 Å². The molecule has 0 unspecified atom stereocenters. The SMILES string of the molecule is CCCOc1ccc(OCC(=O)N(C)Cc2cccs2)cc1. The number of likely N-dealkylation sites (N-methyl/N-ethyl adjacent to an activating group) is 1. The molecule has 2 rings (SSSR count). The van der Waals surface area contributed by atoms with Crippen LogP contribution in [0.25, 0.3) is 0 Å². The smallest absolute Gasteiger partial charge is 0.260 e. The van der Waals surface area contributed by atoms with Crippen molar-refractivity contribution < 1.29 is 14.3 Å². The molecule has 1 heterocycles. The Balaban J connectivity index is 1.77. The molecule has 0 aliphatic heterocycles. The highest BCUT2D eigenvalue weighted by Gasteiger charge is 2.10. The zero-order valence-corrected chi connectivity index (χ0v) is 13.8. The molecule has 0 radical (unpaired) electrons. The van der Waals surface area contributed by atoms with Gasteiger partial charge in [0.05, 0.1) is 13.2 Å². The Bertz CT molecular complexity index is 566. The van der Waals surface area contributed by atoms with Crippen LogP contribution >= 0.6 is 11.3 Å². The summed E-state index contributed by atoms with van der Waals surface area (Å²) in [5, 5.41) is 2.01. The van der Waals surface area contributed by atoms with E-state index < -0.39 is 0 Å². The minimum atomic E-state index is -0.0419. The van der Waals surface area contributed by atoms with Crippen molar-refractivity contribution in [1.82, 2.24) is 4.90 Å². The van der Waals surface area contributed by atoms with Crippen LogP contribution < -0.4 is 9.47 Å². The quantitative estimate of drug-likeness (QED) is 0.746. The summed E-state index contributed by atoms with van der Waals surface area (Å²) in [7, 11) is 1.78. The lowest BCUT2D eigenvalue weighted by atomic mass is 10.3.